The minimum atomic E-state index is -4.57. The van der Waals surface area contributed by atoms with E-state index in [-0.39, 0.29) is 24.3 Å². The zero-order valence-corrected chi connectivity index (χ0v) is 17.2. The number of aromatic hydroxyl groups is 1. The second-order valence-electron chi connectivity index (χ2n) is 7.28. The predicted octanol–water partition coefficient (Wildman–Crippen LogP) is 5.58. The summed E-state index contributed by atoms with van der Waals surface area (Å²) in [6.07, 6.45) is -4.57. The van der Waals surface area contributed by atoms with Crippen molar-refractivity contribution in [1.82, 2.24) is 14.1 Å². The number of aromatic nitrogens is 2. The lowest BCUT2D eigenvalue weighted by Crippen LogP contribution is -2.18. The van der Waals surface area contributed by atoms with Crippen LogP contribution < -0.4 is 4.74 Å². The first-order chi connectivity index (χ1) is 14.2. The Morgan fingerprint density at radius 3 is 2.57 bits per heavy atom. The van der Waals surface area contributed by atoms with Crippen LogP contribution in [0.5, 0.6) is 11.6 Å². The number of rotatable bonds is 5. The summed E-state index contributed by atoms with van der Waals surface area (Å²) in [5.41, 5.74) is 1.62. The summed E-state index contributed by atoms with van der Waals surface area (Å²) >= 11 is 1.41. The Hall–Kier alpha value is -2.65. The lowest BCUT2D eigenvalue weighted by atomic mass is 9.97. The van der Waals surface area contributed by atoms with Gasteiger partial charge in [0.1, 0.15) is 5.75 Å². The largest absolute Gasteiger partial charge is 0.508 e. The highest BCUT2D eigenvalue weighted by atomic mass is 32.2. The molecule has 1 aliphatic heterocycles. The second-order valence-corrected chi connectivity index (χ2v) is 8.42. The van der Waals surface area contributed by atoms with Crippen LogP contribution in [0, 0.1) is 0 Å². The van der Waals surface area contributed by atoms with Crippen molar-refractivity contribution in [2.45, 2.75) is 37.4 Å². The summed E-state index contributed by atoms with van der Waals surface area (Å²) in [5.74, 6) is 0.447. The van der Waals surface area contributed by atoms with E-state index in [1.165, 1.54) is 11.9 Å². The first-order valence-electron chi connectivity index (χ1n) is 9.36. The Labute approximate surface area is 176 Å². The summed E-state index contributed by atoms with van der Waals surface area (Å²) < 4.78 is 48.4. The molecule has 4 rings (SSSR count). The summed E-state index contributed by atoms with van der Waals surface area (Å²) in [6, 6.07) is 12.9. The SMILES string of the molecule is CC(C)c1cc(O)cc2c1CN(COc1cc(C(F)(F)F)nn1-c1ccccc1)S2. The molecule has 0 atom stereocenters. The molecule has 0 unspecified atom stereocenters. The highest BCUT2D eigenvalue weighted by Gasteiger charge is 2.36. The molecule has 158 valence electrons. The number of fused-ring (bicyclic) bond motifs is 1. The normalized spacial score (nSPS) is 14.3. The Balaban J connectivity index is 1.56. The van der Waals surface area contributed by atoms with Gasteiger partial charge in [0.05, 0.1) is 5.69 Å². The highest BCUT2D eigenvalue weighted by Crippen LogP contribution is 2.42. The van der Waals surface area contributed by atoms with Crippen LogP contribution in [-0.2, 0) is 12.7 Å². The van der Waals surface area contributed by atoms with Crippen molar-refractivity contribution < 1.29 is 23.0 Å². The van der Waals surface area contributed by atoms with Gasteiger partial charge < -0.3 is 9.84 Å². The quantitative estimate of drug-likeness (QED) is 0.531. The van der Waals surface area contributed by atoms with Crippen LogP contribution in [0.2, 0.25) is 0 Å². The molecule has 5 nitrogen and oxygen atoms in total. The molecule has 0 spiro atoms. The molecule has 0 bridgehead atoms. The van der Waals surface area contributed by atoms with Gasteiger partial charge in [-0.3, -0.25) is 0 Å². The number of benzene rings is 2. The molecule has 1 aliphatic rings. The molecular formula is C21H20F3N3O2S. The van der Waals surface area contributed by atoms with Gasteiger partial charge in [-0.25, -0.2) is 8.99 Å². The van der Waals surface area contributed by atoms with E-state index in [2.05, 4.69) is 18.9 Å². The molecule has 2 heterocycles. The molecule has 0 saturated carbocycles. The summed E-state index contributed by atoms with van der Waals surface area (Å²) in [7, 11) is 0. The summed E-state index contributed by atoms with van der Waals surface area (Å²) in [6.45, 7) is 4.73. The zero-order valence-electron chi connectivity index (χ0n) is 16.3. The van der Waals surface area contributed by atoms with Crippen LogP contribution in [-0.4, -0.2) is 25.9 Å². The number of hydrogen-bond acceptors (Lipinski definition) is 5. The van der Waals surface area contributed by atoms with Crippen molar-refractivity contribution in [2.24, 2.45) is 0 Å². The number of hydrogen-bond donors (Lipinski definition) is 1. The van der Waals surface area contributed by atoms with Gasteiger partial charge in [0.2, 0.25) is 5.88 Å². The van der Waals surface area contributed by atoms with Crippen LogP contribution >= 0.6 is 11.9 Å². The number of phenols is 1. The van der Waals surface area contributed by atoms with E-state index in [9.17, 15) is 18.3 Å². The van der Waals surface area contributed by atoms with Crippen molar-refractivity contribution in [3.63, 3.8) is 0 Å². The van der Waals surface area contributed by atoms with Crippen molar-refractivity contribution in [3.8, 4) is 17.3 Å². The molecule has 0 aliphatic carbocycles. The number of para-hydroxylation sites is 1. The molecule has 9 heteroatoms. The van der Waals surface area contributed by atoms with Crippen molar-refractivity contribution in [1.29, 1.82) is 0 Å². The fraction of sp³-hybridized carbons (Fsp3) is 0.286. The summed E-state index contributed by atoms with van der Waals surface area (Å²) in [4.78, 5) is 0.926. The topological polar surface area (TPSA) is 50.5 Å². The molecule has 2 aromatic carbocycles. The molecule has 0 fully saturated rings. The fourth-order valence-electron chi connectivity index (χ4n) is 3.33. The van der Waals surface area contributed by atoms with Crippen molar-refractivity contribution in [3.05, 3.63) is 65.4 Å². The monoisotopic (exact) mass is 435 g/mol. The molecule has 30 heavy (non-hydrogen) atoms. The standard InChI is InChI=1S/C21H20F3N3O2S/c1-13(2)16-8-15(28)9-18-17(16)11-26(30-18)12-29-20-10-19(21(22,23)24)25-27(20)14-6-4-3-5-7-14/h3-10,13,28H,11-12H2,1-2H3. The number of alkyl halides is 3. The van der Waals surface area contributed by atoms with Crippen LogP contribution in [0.4, 0.5) is 13.2 Å². The molecule has 1 aromatic heterocycles. The van der Waals surface area contributed by atoms with Crippen LogP contribution in [0.25, 0.3) is 5.69 Å². The van der Waals surface area contributed by atoms with E-state index in [1.807, 2.05) is 4.31 Å². The zero-order chi connectivity index (χ0) is 21.5. The molecule has 1 N–H and O–H groups in total. The van der Waals surface area contributed by atoms with E-state index < -0.39 is 11.9 Å². The minimum absolute atomic E-state index is 0.0111. The third kappa shape index (κ3) is 4.13. The van der Waals surface area contributed by atoms with E-state index in [0.717, 1.165) is 26.8 Å². The Bertz CT molecular complexity index is 1050. The van der Waals surface area contributed by atoms with Gasteiger partial charge in [0, 0.05) is 17.5 Å². The molecule has 0 radical (unpaired) electrons. The first-order valence-corrected chi connectivity index (χ1v) is 10.1. The van der Waals surface area contributed by atoms with Gasteiger partial charge in [-0.2, -0.15) is 18.3 Å². The lowest BCUT2D eigenvalue weighted by molar-refractivity contribution is -0.141. The highest BCUT2D eigenvalue weighted by molar-refractivity contribution is 7.97. The maximum atomic E-state index is 13.2. The van der Waals surface area contributed by atoms with Crippen molar-refractivity contribution >= 4 is 11.9 Å². The number of nitrogens with zero attached hydrogens (tertiary/aromatic N) is 3. The third-order valence-electron chi connectivity index (χ3n) is 4.74. The number of phenolic OH excluding ortho intramolecular Hbond substituents is 1. The molecule has 0 amide bonds. The van der Waals surface area contributed by atoms with Gasteiger partial charge in [-0.15, -0.1) is 0 Å². The first kappa shape index (κ1) is 20.6. The second kappa shape index (κ2) is 7.88. The minimum Gasteiger partial charge on any atom is -0.508 e. The van der Waals surface area contributed by atoms with E-state index in [0.29, 0.717) is 12.2 Å². The van der Waals surface area contributed by atoms with E-state index in [1.54, 1.807) is 42.5 Å². The number of ether oxygens (including phenoxy) is 1. The van der Waals surface area contributed by atoms with Gasteiger partial charge >= 0.3 is 6.18 Å². The lowest BCUT2D eigenvalue weighted by Gasteiger charge is -2.16. The van der Waals surface area contributed by atoms with Gasteiger partial charge in [-0.05, 0) is 53.3 Å². The van der Waals surface area contributed by atoms with E-state index in [4.69, 9.17) is 4.74 Å². The Morgan fingerprint density at radius 2 is 1.90 bits per heavy atom. The molecule has 3 aromatic rings. The van der Waals surface area contributed by atoms with Gasteiger partial charge in [-0.1, -0.05) is 32.0 Å². The maximum Gasteiger partial charge on any atom is 0.435 e. The van der Waals surface area contributed by atoms with Gasteiger partial charge in [0.25, 0.3) is 0 Å². The molecule has 0 saturated heterocycles. The molecular weight excluding hydrogens is 415 g/mol. The fourth-order valence-corrected chi connectivity index (χ4v) is 4.38. The van der Waals surface area contributed by atoms with E-state index >= 15 is 0 Å². The van der Waals surface area contributed by atoms with Crippen LogP contribution in [0.15, 0.2) is 53.4 Å². The smallest absolute Gasteiger partial charge is 0.435 e. The average Bonchev–Trinajstić information content (AvgIpc) is 3.30. The average molecular weight is 435 g/mol. The Kier molecular flexibility index (Phi) is 5.42. The van der Waals surface area contributed by atoms with Crippen LogP contribution in [0.1, 0.15) is 36.6 Å². The van der Waals surface area contributed by atoms with Gasteiger partial charge in [0.15, 0.2) is 12.4 Å². The van der Waals surface area contributed by atoms with Crippen LogP contribution in [0.3, 0.4) is 0 Å². The Morgan fingerprint density at radius 1 is 1.17 bits per heavy atom. The number of halogens is 3. The summed E-state index contributed by atoms with van der Waals surface area (Å²) in [5, 5.41) is 13.7. The predicted molar refractivity (Wildman–Crippen MR) is 108 cm³/mol. The van der Waals surface area contributed by atoms with Crippen molar-refractivity contribution in [2.75, 3.05) is 6.73 Å². The maximum absolute atomic E-state index is 13.2. The third-order valence-corrected chi connectivity index (χ3v) is 5.79.